The first-order valence-electron chi connectivity index (χ1n) is 13.5. The molecule has 2 aromatic carbocycles. The van der Waals surface area contributed by atoms with Crippen LogP contribution in [-0.4, -0.2) is 71.9 Å². The summed E-state index contributed by atoms with van der Waals surface area (Å²) in [6.45, 7) is 3.75. The van der Waals surface area contributed by atoms with Gasteiger partial charge < -0.3 is 25.8 Å². The second kappa shape index (κ2) is 15.8. The van der Waals surface area contributed by atoms with Crippen LogP contribution in [0.3, 0.4) is 0 Å². The topological polar surface area (TPSA) is 184 Å². The number of nitrogens with two attached hydrogens (primary N) is 1. The fourth-order valence-electron chi connectivity index (χ4n) is 4.22. The van der Waals surface area contributed by atoms with E-state index in [0.717, 1.165) is 5.69 Å². The van der Waals surface area contributed by atoms with Gasteiger partial charge in [0.15, 0.2) is 0 Å². The number of anilines is 2. The molecule has 0 aromatic heterocycles. The highest BCUT2D eigenvalue weighted by atomic mass is 16.5. The molecule has 0 saturated heterocycles. The van der Waals surface area contributed by atoms with E-state index in [1.807, 2.05) is 31.2 Å². The van der Waals surface area contributed by atoms with Crippen molar-refractivity contribution >= 4 is 52.9 Å². The molecule has 2 atom stereocenters. The van der Waals surface area contributed by atoms with Crippen molar-refractivity contribution in [1.29, 1.82) is 0 Å². The zero-order chi connectivity index (χ0) is 30.5. The minimum atomic E-state index is -1.19. The van der Waals surface area contributed by atoms with Gasteiger partial charge in [-0.25, -0.2) is 0 Å². The highest BCUT2D eigenvalue weighted by Crippen LogP contribution is 2.23. The van der Waals surface area contributed by atoms with E-state index in [-0.39, 0.29) is 37.0 Å². The van der Waals surface area contributed by atoms with Crippen LogP contribution in [0.2, 0.25) is 0 Å². The third kappa shape index (κ3) is 9.63. The number of nitrogens with one attached hydrogen (secondary N) is 1. The number of nitrogens with zero attached hydrogens (tertiary/aromatic N) is 4. The average molecular weight is 579 g/mol. The smallest absolute Gasteiger partial charge is 0.320 e. The van der Waals surface area contributed by atoms with Gasteiger partial charge in [-0.2, -0.15) is 10.2 Å². The molecule has 3 rings (SSSR count). The molecule has 4 N–H and O–H groups in total. The van der Waals surface area contributed by atoms with E-state index in [1.54, 1.807) is 24.3 Å². The minimum Gasteiger partial charge on any atom is -0.480 e. The molecule has 0 fully saturated rings. The van der Waals surface area contributed by atoms with Crippen LogP contribution in [0.4, 0.5) is 22.7 Å². The predicted molar refractivity (Wildman–Crippen MR) is 154 cm³/mol. The first-order chi connectivity index (χ1) is 20.2. The number of rotatable bonds is 17. The second-order valence-electron chi connectivity index (χ2n) is 9.48. The van der Waals surface area contributed by atoms with Crippen molar-refractivity contribution in [2.75, 3.05) is 29.9 Å². The number of amides is 3. The Labute approximate surface area is 243 Å². The summed E-state index contributed by atoms with van der Waals surface area (Å²) in [5.74, 6) is -2.02. The van der Waals surface area contributed by atoms with E-state index >= 15 is 0 Å². The Morgan fingerprint density at radius 2 is 1.64 bits per heavy atom. The zero-order valence-electron chi connectivity index (χ0n) is 23.2. The number of likely N-dealkylation sites (N-methyl/N-ethyl adjacent to an activating group) is 1. The number of carboxylic acids is 1. The van der Waals surface area contributed by atoms with Gasteiger partial charge in [-0.3, -0.25) is 28.9 Å². The van der Waals surface area contributed by atoms with Crippen LogP contribution < -0.4 is 16.0 Å². The fourth-order valence-corrected chi connectivity index (χ4v) is 4.22. The first-order valence-corrected chi connectivity index (χ1v) is 13.5. The van der Waals surface area contributed by atoms with Crippen LogP contribution >= 0.6 is 0 Å². The Hall–Kier alpha value is -4.91. The molecule has 13 heteroatoms. The Kier molecular flexibility index (Phi) is 11.9. The largest absolute Gasteiger partial charge is 0.480 e. The highest BCUT2D eigenvalue weighted by Gasteiger charge is 2.23. The maximum Gasteiger partial charge on any atom is 0.320 e. The zero-order valence-corrected chi connectivity index (χ0v) is 23.2. The van der Waals surface area contributed by atoms with Crippen molar-refractivity contribution in [1.82, 2.24) is 4.90 Å². The van der Waals surface area contributed by atoms with Gasteiger partial charge in [-0.15, -0.1) is 0 Å². The highest BCUT2D eigenvalue weighted by molar-refractivity contribution is 6.12. The van der Waals surface area contributed by atoms with Gasteiger partial charge in [0.05, 0.1) is 11.4 Å². The summed E-state index contributed by atoms with van der Waals surface area (Å²) in [6, 6.07) is 13.1. The van der Waals surface area contributed by atoms with Gasteiger partial charge in [0, 0.05) is 56.0 Å². The van der Waals surface area contributed by atoms with Gasteiger partial charge in [-0.05, 0) is 68.3 Å². The van der Waals surface area contributed by atoms with E-state index < -0.39 is 18.1 Å². The van der Waals surface area contributed by atoms with E-state index in [9.17, 15) is 24.0 Å². The Balaban J connectivity index is 1.45. The molecule has 0 bridgehead atoms. The van der Waals surface area contributed by atoms with Gasteiger partial charge in [-0.1, -0.05) is 0 Å². The lowest BCUT2D eigenvalue weighted by Gasteiger charge is -2.25. The molecule has 1 aliphatic heterocycles. The van der Waals surface area contributed by atoms with Crippen molar-refractivity contribution < 1.29 is 33.8 Å². The van der Waals surface area contributed by atoms with E-state index in [1.165, 1.54) is 17.1 Å². The average Bonchev–Trinajstić information content (AvgIpc) is 3.30. The lowest BCUT2D eigenvalue weighted by atomic mass is 10.0. The molecular weight excluding hydrogens is 544 g/mol. The quantitative estimate of drug-likeness (QED) is 0.144. The molecule has 222 valence electrons. The minimum absolute atomic E-state index is 0.0314. The van der Waals surface area contributed by atoms with Crippen LogP contribution in [0.15, 0.2) is 70.9 Å². The molecule has 2 aromatic rings. The summed E-state index contributed by atoms with van der Waals surface area (Å²) >= 11 is 0. The van der Waals surface area contributed by atoms with Crippen LogP contribution in [0, 0.1) is 0 Å². The van der Waals surface area contributed by atoms with Gasteiger partial charge >= 0.3 is 5.97 Å². The molecule has 1 unspecified atom stereocenters. The Bertz CT molecular complexity index is 1290. The van der Waals surface area contributed by atoms with E-state index in [4.69, 9.17) is 15.6 Å². The number of ether oxygens (including phenoxy) is 1. The van der Waals surface area contributed by atoms with Crippen molar-refractivity contribution in [3.05, 3.63) is 60.7 Å². The maximum atomic E-state index is 12.3. The Morgan fingerprint density at radius 3 is 2.19 bits per heavy atom. The van der Waals surface area contributed by atoms with Crippen LogP contribution in [0.25, 0.3) is 0 Å². The summed E-state index contributed by atoms with van der Waals surface area (Å²) < 4.78 is 4.89. The second-order valence-corrected chi connectivity index (χ2v) is 9.48. The number of azo groups is 1. The molecule has 1 aliphatic rings. The number of hydrogen-bond acceptors (Lipinski definition) is 10. The van der Waals surface area contributed by atoms with Crippen molar-refractivity contribution in [3.8, 4) is 0 Å². The third-order valence-electron chi connectivity index (χ3n) is 6.53. The summed E-state index contributed by atoms with van der Waals surface area (Å²) in [5.41, 5.74) is 8.23. The fraction of sp³-hybridized carbons (Fsp3) is 0.345. The number of imide groups is 1. The summed E-state index contributed by atoms with van der Waals surface area (Å²) in [5, 5.41) is 20.2. The first kappa shape index (κ1) is 31.6. The van der Waals surface area contributed by atoms with E-state index in [2.05, 4.69) is 20.4 Å². The van der Waals surface area contributed by atoms with Crippen LogP contribution in [0.1, 0.15) is 32.6 Å². The molecule has 1 heterocycles. The molecule has 3 amide bonds. The van der Waals surface area contributed by atoms with Gasteiger partial charge in [0.25, 0.3) is 18.3 Å². The molecule has 0 saturated carbocycles. The van der Waals surface area contributed by atoms with Crippen LogP contribution in [0.5, 0.6) is 0 Å². The monoisotopic (exact) mass is 578 g/mol. The summed E-state index contributed by atoms with van der Waals surface area (Å²) in [4.78, 5) is 60.7. The lowest BCUT2D eigenvalue weighted by molar-refractivity contribution is -0.142. The SMILES string of the molecule is CCN(CCN1C(=O)C=CC1=O)c1ccc(N=Nc2ccc(NC(=O)CCCC(C[C@H](N)C(=O)O)OC=O)cc2)cc1. The van der Waals surface area contributed by atoms with Gasteiger partial charge in [0.1, 0.15) is 12.1 Å². The molecule has 42 heavy (non-hydrogen) atoms. The summed E-state index contributed by atoms with van der Waals surface area (Å²) in [7, 11) is 0. The standard InChI is InChI=1S/C29H34N6O7/c1-2-34(16-17-35-27(38)14-15-28(35)39)23-12-10-22(11-13-23)33-32-21-8-6-20(7-9-21)31-26(37)5-3-4-24(42-19-36)18-25(30)29(40)41/h6-15,19,24-25H,2-5,16-18,30H2,1H3,(H,31,37)(H,40,41)/t24?,25-/m0/s1. The normalized spacial score (nSPS) is 14.2. The van der Waals surface area contributed by atoms with Crippen molar-refractivity contribution in [2.24, 2.45) is 16.0 Å². The van der Waals surface area contributed by atoms with Crippen LogP contribution in [-0.2, 0) is 28.7 Å². The summed E-state index contributed by atoms with van der Waals surface area (Å²) in [6.07, 6.45) is 2.69. The maximum absolute atomic E-state index is 12.3. The molecule has 13 nitrogen and oxygen atoms in total. The number of carbonyl (C=O) groups is 5. The third-order valence-corrected chi connectivity index (χ3v) is 6.53. The number of hydrogen-bond donors (Lipinski definition) is 3. The van der Waals surface area contributed by atoms with Crippen molar-refractivity contribution in [2.45, 2.75) is 44.8 Å². The predicted octanol–water partition coefficient (Wildman–Crippen LogP) is 3.31. The van der Waals surface area contributed by atoms with E-state index in [0.29, 0.717) is 49.5 Å². The molecular formula is C29H34N6O7. The number of aliphatic carboxylic acids is 1. The lowest BCUT2D eigenvalue weighted by Crippen LogP contribution is -2.38. The molecule has 0 aliphatic carbocycles. The number of benzene rings is 2. The number of carbonyl (C=O) groups excluding carboxylic acids is 4. The molecule has 0 spiro atoms. The Morgan fingerprint density at radius 1 is 1.05 bits per heavy atom. The number of carboxylic acid groups (broad SMARTS) is 1. The molecule has 0 radical (unpaired) electrons. The van der Waals surface area contributed by atoms with Gasteiger partial charge in [0.2, 0.25) is 5.91 Å². The van der Waals surface area contributed by atoms with Crippen molar-refractivity contribution in [3.63, 3.8) is 0 Å².